The summed E-state index contributed by atoms with van der Waals surface area (Å²) in [6.45, 7) is 5.03. The van der Waals surface area contributed by atoms with E-state index in [-0.39, 0.29) is 6.04 Å². The van der Waals surface area contributed by atoms with Crippen LogP contribution in [0.15, 0.2) is 42.5 Å². The van der Waals surface area contributed by atoms with Crippen molar-refractivity contribution in [2.75, 3.05) is 0 Å². The Balaban J connectivity index is 1.65. The fraction of sp³-hybridized carbons (Fsp3) is 0.368. The molecule has 2 heteroatoms. The molecule has 0 bridgehead atoms. The highest BCUT2D eigenvalue weighted by atomic mass is 16.5. The molecule has 0 spiro atoms. The predicted molar refractivity (Wildman–Crippen MR) is 86.6 cm³/mol. The molecule has 0 fully saturated rings. The van der Waals surface area contributed by atoms with Crippen molar-refractivity contribution in [3.63, 3.8) is 0 Å². The van der Waals surface area contributed by atoms with Crippen LogP contribution in [-0.2, 0) is 13.0 Å². The first kappa shape index (κ1) is 14.2. The summed E-state index contributed by atoms with van der Waals surface area (Å²) in [5.41, 5.74) is 11.3. The fourth-order valence-electron chi connectivity index (χ4n) is 2.88. The zero-order valence-electron chi connectivity index (χ0n) is 12.8. The summed E-state index contributed by atoms with van der Waals surface area (Å²) in [4.78, 5) is 0. The van der Waals surface area contributed by atoms with Gasteiger partial charge in [-0.05, 0) is 53.1 Å². The molecule has 1 atom stereocenters. The SMILES string of the molecule is CC(C)c1ccc(COc2ccc3c(c2)CC[C@@H]3N)cc1. The van der Waals surface area contributed by atoms with Crippen LogP contribution >= 0.6 is 0 Å². The summed E-state index contributed by atoms with van der Waals surface area (Å²) >= 11 is 0. The quantitative estimate of drug-likeness (QED) is 0.905. The molecule has 0 aromatic heterocycles. The van der Waals surface area contributed by atoms with Crippen LogP contribution in [0.2, 0.25) is 0 Å². The minimum atomic E-state index is 0.206. The Morgan fingerprint density at radius 3 is 2.62 bits per heavy atom. The van der Waals surface area contributed by atoms with E-state index in [9.17, 15) is 0 Å². The van der Waals surface area contributed by atoms with Crippen LogP contribution in [-0.4, -0.2) is 0 Å². The third-order valence-corrected chi connectivity index (χ3v) is 4.29. The molecule has 0 saturated heterocycles. The Hall–Kier alpha value is -1.80. The van der Waals surface area contributed by atoms with Crippen molar-refractivity contribution >= 4 is 0 Å². The predicted octanol–water partition coefficient (Wildman–Crippen LogP) is 4.34. The molecule has 0 saturated carbocycles. The van der Waals surface area contributed by atoms with Crippen molar-refractivity contribution in [2.45, 2.75) is 45.3 Å². The molecule has 2 nitrogen and oxygen atoms in total. The zero-order chi connectivity index (χ0) is 14.8. The Kier molecular flexibility index (Phi) is 3.98. The molecule has 0 aliphatic heterocycles. The maximum Gasteiger partial charge on any atom is 0.120 e. The van der Waals surface area contributed by atoms with Crippen LogP contribution in [0.25, 0.3) is 0 Å². The fourth-order valence-corrected chi connectivity index (χ4v) is 2.88. The third-order valence-electron chi connectivity index (χ3n) is 4.29. The highest BCUT2D eigenvalue weighted by Crippen LogP contribution is 2.32. The Morgan fingerprint density at radius 2 is 1.90 bits per heavy atom. The van der Waals surface area contributed by atoms with E-state index in [2.05, 4.69) is 50.2 Å². The van der Waals surface area contributed by atoms with Gasteiger partial charge < -0.3 is 10.5 Å². The van der Waals surface area contributed by atoms with Gasteiger partial charge in [0.2, 0.25) is 0 Å². The Labute approximate surface area is 126 Å². The summed E-state index contributed by atoms with van der Waals surface area (Å²) in [6, 6.07) is 15.2. The number of aryl methyl sites for hydroxylation is 1. The van der Waals surface area contributed by atoms with Gasteiger partial charge in [0.15, 0.2) is 0 Å². The Bertz CT molecular complexity index is 616. The molecule has 3 rings (SSSR count). The van der Waals surface area contributed by atoms with Crippen molar-refractivity contribution in [2.24, 2.45) is 5.73 Å². The van der Waals surface area contributed by atoms with E-state index in [1.807, 2.05) is 6.07 Å². The minimum Gasteiger partial charge on any atom is -0.489 e. The lowest BCUT2D eigenvalue weighted by atomic mass is 10.0. The number of ether oxygens (including phenoxy) is 1. The van der Waals surface area contributed by atoms with E-state index in [0.717, 1.165) is 18.6 Å². The number of rotatable bonds is 4. The van der Waals surface area contributed by atoms with Gasteiger partial charge in [-0.3, -0.25) is 0 Å². The van der Waals surface area contributed by atoms with Gasteiger partial charge in [0, 0.05) is 6.04 Å². The highest BCUT2D eigenvalue weighted by Gasteiger charge is 2.19. The summed E-state index contributed by atoms with van der Waals surface area (Å²) < 4.78 is 5.91. The average molecular weight is 281 g/mol. The first-order valence-electron chi connectivity index (χ1n) is 7.73. The van der Waals surface area contributed by atoms with E-state index in [1.54, 1.807) is 0 Å². The molecular formula is C19H23NO. The maximum atomic E-state index is 6.06. The molecular weight excluding hydrogens is 258 g/mol. The van der Waals surface area contributed by atoms with Crippen LogP contribution in [0.4, 0.5) is 0 Å². The summed E-state index contributed by atoms with van der Waals surface area (Å²) in [5.74, 6) is 1.51. The highest BCUT2D eigenvalue weighted by molar-refractivity contribution is 5.40. The van der Waals surface area contributed by atoms with Crippen molar-refractivity contribution in [3.8, 4) is 5.75 Å². The largest absolute Gasteiger partial charge is 0.489 e. The molecule has 0 radical (unpaired) electrons. The molecule has 1 aliphatic carbocycles. The molecule has 0 heterocycles. The topological polar surface area (TPSA) is 35.2 Å². The van der Waals surface area contributed by atoms with E-state index in [4.69, 9.17) is 10.5 Å². The Morgan fingerprint density at radius 1 is 1.14 bits per heavy atom. The van der Waals surface area contributed by atoms with Gasteiger partial charge >= 0.3 is 0 Å². The number of nitrogens with two attached hydrogens (primary N) is 1. The molecule has 0 unspecified atom stereocenters. The van der Waals surface area contributed by atoms with E-state index < -0.39 is 0 Å². The van der Waals surface area contributed by atoms with Crippen LogP contribution in [0.5, 0.6) is 5.75 Å². The zero-order valence-corrected chi connectivity index (χ0v) is 12.8. The van der Waals surface area contributed by atoms with Crippen LogP contribution in [0.1, 0.15) is 54.5 Å². The molecule has 2 aromatic rings. The molecule has 21 heavy (non-hydrogen) atoms. The second-order valence-electron chi connectivity index (χ2n) is 6.19. The lowest BCUT2D eigenvalue weighted by Crippen LogP contribution is -2.05. The molecule has 1 aliphatic rings. The van der Waals surface area contributed by atoms with Gasteiger partial charge in [-0.2, -0.15) is 0 Å². The van der Waals surface area contributed by atoms with E-state index in [0.29, 0.717) is 12.5 Å². The number of benzene rings is 2. The van der Waals surface area contributed by atoms with Gasteiger partial charge in [-0.25, -0.2) is 0 Å². The maximum absolute atomic E-state index is 6.06. The minimum absolute atomic E-state index is 0.206. The van der Waals surface area contributed by atoms with Crippen LogP contribution < -0.4 is 10.5 Å². The van der Waals surface area contributed by atoms with Crippen molar-refractivity contribution in [3.05, 3.63) is 64.7 Å². The molecule has 2 N–H and O–H groups in total. The molecule has 110 valence electrons. The number of fused-ring (bicyclic) bond motifs is 1. The first-order valence-corrected chi connectivity index (χ1v) is 7.73. The van der Waals surface area contributed by atoms with E-state index >= 15 is 0 Å². The van der Waals surface area contributed by atoms with E-state index in [1.165, 1.54) is 22.3 Å². The summed E-state index contributed by atoms with van der Waals surface area (Å²) in [7, 11) is 0. The monoisotopic (exact) mass is 281 g/mol. The standard InChI is InChI=1S/C19H23NO/c1-13(2)15-5-3-14(4-6-15)12-21-17-8-9-18-16(11-17)7-10-19(18)20/h3-6,8-9,11,13,19H,7,10,12,20H2,1-2H3/t19-/m0/s1. The third kappa shape index (κ3) is 3.11. The van der Waals surface area contributed by atoms with Gasteiger partial charge in [-0.15, -0.1) is 0 Å². The molecule has 0 amide bonds. The van der Waals surface area contributed by atoms with Crippen molar-refractivity contribution < 1.29 is 4.74 Å². The van der Waals surface area contributed by atoms with Gasteiger partial charge in [0.25, 0.3) is 0 Å². The second kappa shape index (κ2) is 5.90. The summed E-state index contributed by atoms with van der Waals surface area (Å²) in [6.07, 6.45) is 2.12. The van der Waals surface area contributed by atoms with Gasteiger partial charge in [0.1, 0.15) is 12.4 Å². The average Bonchev–Trinajstić information content (AvgIpc) is 2.86. The normalized spacial score (nSPS) is 17.0. The number of hydrogen-bond donors (Lipinski definition) is 1. The van der Waals surface area contributed by atoms with Crippen molar-refractivity contribution in [1.29, 1.82) is 0 Å². The lowest BCUT2D eigenvalue weighted by molar-refractivity contribution is 0.306. The summed E-state index contributed by atoms with van der Waals surface area (Å²) in [5, 5.41) is 0. The number of hydrogen-bond acceptors (Lipinski definition) is 2. The second-order valence-corrected chi connectivity index (χ2v) is 6.19. The smallest absolute Gasteiger partial charge is 0.120 e. The van der Waals surface area contributed by atoms with Crippen LogP contribution in [0.3, 0.4) is 0 Å². The van der Waals surface area contributed by atoms with Gasteiger partial charge in [-0.1, -0.05) is 44.2 Å². The molecule has 2 aromatic carbocycles. The first-order chi connectivity index (χ1) is 10.1. The van der Waals surface area contributed by atoms with Gasteiger partial charge in [0.05, 0.1) is 0 Å². The van der Waals surface area contributed by atoms with Crippen molar-refractivity contribution in [1.82, 2.24) is 0 Å². The van der Waals surface area contributed by atoms with Crippen LogP contribution in [0, 0.1) is 0 Å². The lowest BCUT2D eigenvalue weighted by Gasteiger charge is -2.10.